The Morgan fingerprint density at radius 1 is 1.31 bits per heavy atom. The van der Waals surface area contributed by atoms with Gasteiger partial charge in [0, 0.05) is 14.7 Å². The first-order valence-electron chi connectivity index (χ1n) is 5.19. The normalized spacial score (nSPS) is 12.7. The fourth-order valence-corrected chi connectivity index (χ4v) is 3.41. The summed E-state index contributed by atoms with van der Waals surface area (Å²) in [7, 11) is 2.00. The van der Waals surface area contributed by atoms with Crippen LogP contribution >= 0.6 is 27.3 Å². The van der Waals surface area contributed by atoms with Gasteiger partial charge in [0.1, 0.15) is 0 Å². The molecule has 0 aliphatic rings. The van der Waals surface area contributed by atoms with E-state index in [1.165, 1.54) is 16.0 Å². The van der Waals surface area contributed by atoms with Gasteiger partial charge in [-0.2, -0.15) is 0 Å². The lowest BCUT2D eigenvalue weighted by Crippen LogP contribution is -2.17. The van der Waals surface area contributed by atoms with Crippen LogP contribution in [0.4, 0.5) is 0 Å². The van der Waals surface area contributed by atoms with Crippen LogP contribution in [-0.4, -0.2) is 7.05 Å². The maximum atomic E-state index is 3.50. The summed E-state index contributed by atoms with van der Waals surface area (Å²) in [5, 5.41) is 5.50. The van der Waals surface area contributed by atoms with E-state index in [4.69, 9.17) is 0 Å². The van der Waals surface area contributed by atoms with Gasteiger partial charge in [-0.3, -0.25) is 0 Å². The van der Waals surface area contributed by atoms with E-state index in [1.807, 2.05) is 7.05 Å². The SMILES string of the molecule is CNC(c1cc(Br)cs1)c1ccccc1C. The van der Waals surface area contributed by atoms with Crippen LogP contribution in [0.1, 0.15) is 22.0 Å². The second kappa shape index (κ2) is 5.13. The van der Waals surface area contributed by atoms with Crippen LogP contribution in [0.5, 0.6) is 0 Å². The van der Waals surface area contributed by atoms with Crippen molar-refractivity contribution < 1.29 is 0 Å². The highest BCUT2D eigenvalue weighted by molar-refractivity contribution is 9.10. The third-order valence-electron chi connectivity index (χ3n) is 2.66. The van der Waals surface area contributed by atoms with Crippen LogP contribution in [0, 0.1) is 6.92 Å². The van der Waals surface area contributed by atoms with Crippen molar-refractivity contribution in [2.24, 2.45) is 0 Å². The Bertz CT molecular complexity index is 478. The average Bonchev–Trinajstić information content (AvgIpc) is 2.69. The van der Waals surface area contributed by atoms with Crippen molar-refractivity contribution in [3.63, 3.8) is 0 Å². The Kier molecular flexibility index (Phi) is 3.79. The summed E-state index contributed by atoms with van der Waals surface area (Å²) in [6.07, 6.45) is 0. The third kappa shape index (κ3) is 2.37. The Morgan fingerprint density at radius 3 is 2.62 bits per heavy atom. The van der Waals surface area contributed by atoms with Gasteiger partial charge >= 0.3 is 0 Å². The van der Waals surface area contributed by atoms with Gasteiger partial charge in [-0.25, -0.2) is 0 Å². The van der Waals surface area contributed by atoms with Crippen molar-refractivity contribution in [1.29, 1.82) is 0 Å². The average molecular weight is 296 g/mol. The van der Waals surface area contributed by atoms with Crippen LogP contribution in [0.3, 0.4) is 0 Å². The van der Waals surface area contributed by atoms with Crippen molar-refractivity contribution in [3.05, 3.63) is 56.2 Å². The molecule has 1 nitrogen and oxygen atoms in total. The Morgan fingerprint density at radius 2 is 2.06 bits per heavy atom. The molecule has 16 heavy (non-hydrogen) atoms. The minimum atomic E-state index is 0.289. The van der Waals surface area contributed by atoms with E-state index >= 15 is 0 Å². The fourth-order valence-electron chi connectivity index (χ4n) is 1.84. The smallest absolute Gasteiger partial charge is 0.0671 e. The van der Waals surface area contributed by atoms with Gasteiger partial charge in [0.15, 0.2) is 0 Å². The van der Waals surface area contributed by atoms with Crippen LogP contribution < -0.4 is 5.32 Å². The lowest BCUT2D eigenvalue weighted by atomic mass is 10.0. The molecule has 0 radical (unpaired) electrons. The van der Waals surface area contributed by atoms with E-state index in [-0.39, 0.29) is 6.04 Å². The number of rotatable bonds is 3. The molecule has 1 aromatic heterocycles. The van der Waals surface area contributed by atoms with Gasteiger partial charge in [0.25, 0.3) is 0 Å². The topological polar surface area (TPSA) is 12.0 Å². The Hall–Kier alpha value is -0.640. The summed E-state index contributed by atoms with van der Waals surface area (Å²) in [6, 6.07) is 11.0. The molecule has 0 spiro atoms. The number of halogens is 1. The fraction of sp³-hybridized carbons (Fsp3) is 0.231. The molecule has 3 heteroatoms. The highest BCUT2D eigenvalue weighted by atomic mass is 79.9. The minimum absolute atomic E-state index is 0.289. The predicted molar refractivity (Wildman–Crippen MR) is 74.1 cm³/mol. The van der Waals surface area contributed by atoms with E-state index in [0.29, 0.717) is 0 Å². The molecule has 1 atom stereocenters. The molecule has 0 bridgehead atoms. The van der Waals surface area contributed by atoms with Gasteiger partial charge < -0.3 is 5.32 Å². The highest BCUT2D eigenvalue weighted by Crippen LogP contribution is 2.31. The molecule has 1 N–H and O–H groups in total. The lowest BCUT2D eigenvalue weighted by Gasteiger charge is -2.17. The van der Waals surface area contributed by atoms with E-state index in [2.05, 4.69) is 63.9 Å². The van der Waals surface area contributed by atoms with E-state index in [0.717, 1.165) is 4.47 Å². The number of aryl methyl sites for hydroxylation is 1. The summed E-state index contributed by atoms with van der Waals surface area (Å²) < 4.78 is 1.15. The standard InChI is InChI=1S/C13H14BrNS/c1-9-5-3-4-6-11(9)13(15-2)12-7-10(14)8-16-12/h3-8,13,15H,1-2H3. The number of hydrogen-bond acceptors (Lipinski definition) is 2. The van der Waals surface area contributed by atoms with Crippen LogP contribution in [-0.2, 0) is 0 Å². The molecule has 0 saturated heterocycles. The van der Waals surface area contributed by atoms with Crippen molar-refractivity contribution >= 4 is 27.3 Å². The molecule has 84 valence electrons. The quantitative estimate of drug-likeness (QED) is 0.898. The molecule has 0 aliphatic heterocycles. The van der Waals surface area contributed by atoms with Gasteiger partial charge in [0.2, 0.25) is 0 Å². The first-order chi connectivity index (χ1) is 7.72. The van der Waals surface area contributed by atoms with Crippen molar-refractivity contribution in [2.75, 3.05) is 7.05 Å². The van der Waals surface area contributed by atoms with Gasteiger partial charge in [-0.15, -0.1) is 11.3 Å². The van der Waals surface area contributed by atoms with E-state index in [9.17, 15) is 0 Å². The van der Waals surface area contributed by atoms with E-state index in [1.54, 1.807) is 11.3 Å². The molecular formula is C13H14BrNS. The summed E-state index contributed by atoms with van der Waals surface area (Å²) >= 11 is 5.28. The maximum Gasteiger partial charge on any atom is 0.0671 e. The molecule has 0 saturated carbocycles. The Balaban J connectivity index is 2.40. The zero-order chi connectivity index (χ0) is 11.5. The summed E-state index contributed by atoms with van der Waals surface area (Å²) in [5.74, 6) is 0. The first-order valence-corrected chi connectivity index (χ1v) is 6.86. The third-order valence-corrected chi connectivity index (χ3v) is 4.42. The first kappa shape index (κ1) is 11.8. The lowest BCUT2D eigenvalue weighted by molar-refractivity contribution is 0.699. The monoisotopic (exact) mass is 295 g/mol. The van der Waals surface area contributed by atoms with Crippen molar-refractivity contribution in [1.82, 2.24) is 5.32 Å². The molecular weight excluding hydrogens is 282 g/mol. The molecule has 2 rings (SSSR count). The molecule has 1 aromatic carbocycles. The molecule has 0 aliphatic carbocycles. The number of nitrogens with one attached hydrogen (secondary N) is 1. The van der Waals surface area contributed by atoms with Gasteiger partial charge in [-0.1, -0.05) is 24.3 Å². The summed E-state index contributed by atoms with van der Waals surface area (Å²) in [6.45, 7) is 2.16. The molecule has 0 amide bonds. The highest BCUT2D eigenvalue weighted by Gasteiger charge is 2.15. The second-order valence-electron chi connectivity index (χ2n) is 3.75. The zero-order valence-electron chi connectivity index (χ0n) is 9.33. The minimum Gasteiger partial charge on any atom is -0.309 e. The largest absolute Gasteiger partial charge is 0.309 e. The van der Waals surface area contributed by atoms with E-state index < -0.39 is 0 Å². The van der Waals surface area contributed by atoms with Gasteiger partial charge in [0.05, 0.1) is 6.04 Å². The van der Waals surface area contributed by atoms with Gasteiger partial charge in [-0.05, 0) is 47.1 Å². The zero-order valence-corrected chi connectivity index (χ0v) is 11.7. The van der Waals surface area contributed by atoms with Crippen LogP contribution in [0.15, 0.2) is 40.2 Å². The number of hydrogen-bond donors (Lipinski definition) is 1. The second-order valence-corrected chi connectivity index (χ2v) is 5.60. The summed E-state index contributed by atoms with van der Waals surface area (Å²) in [4.78, 5) is 1.34. The van der Waals surface area contributed by atoms with Crippen LogP contribution in [0.25, 0.3) is 0 Å². The number of thiophene rings is 1. The van der Waals surface area contributed by atoms with Crippen molar-refractivity contribution in [3.8, 4) is 0 Å². The molecule has 0 fully saturated rings. The van der Waals surface area contributed by atoms with Crippen molar-refractivity contribution in [2.45, 2.75) is 13.0 Å². The number of benzene rings is 1. The molecule has 1 unspecified atom stereocenters. The Labute approximate surface area is 109 Å². The van der Waals surface area contributed by atoms with Crippen LogP contribution in [0.2, 0.25) is 0 Å². The summed E-state index contributed by atoms with van der Waals surface area (Å²) in [5.41, 5.74) is 2.67. The maximum absolute atomic E-state index is 3.50. The molecule has 1 heterocycles. The molecule has 2 aromatic rings. The predicted octanol–water partition coefficient (Wildman–Crippen LogP) is 4.13.